The van der Waals surface area contributed by atoms with Gasteiger partial charge in [0, 0.05) is 25.8 Å². The van der Waals surface area contributed by atoms with Gasteiger partial charge in [0.15, 0.2) is 0 Å². The highest BCUT2D eigenvalue weighted by molar-refractivity contribution is 7.89. The van der Waals surface area contributed by atoms with Crippen molar-refractivity contribution in [2.24, 2.45) is 0 Å². The quantitative estimate of drug-likeness (QED) is 0.681. The van der Waals surface area contributed by atoms with Crippen LogP contribution in [0.15, 0.2) is 47.4 Å². The fourth-order valence-electron chi connectivity index (χ4n) is 4.10. The lowest BCUT2D eigenvalue weighted by atomic mass is 10.0. The lowest BCUT2D eigenvalue weighted by Crippen LogP contribution is -2.36. The molecule has 1 aliphatic rings. The number of amides is 1. The summed E-state index contributed by atoms with van der Waals surface area (Å²) in [6.45, 7) is 2.84. The molecule has 8 heteroatoms. The van der Waals surface area contributed by atoms with Gasteiger partial charge in [-0.25, -0.2) is 12.7 Å². The molecule has 0 aromatic heterocycles. The first-order valence-corrected chi connectivity index (χ1v) is 12.4. The number of hydrogen-bond acceptors (Lipinski definition) is 5. The second kappa shape index (κ2) is 10.5. The maximum atomic E-state index is 12.9. The van der Waals surface area contributed by atoms with Gasteiger partial charge < -0.3 is 10.1 Å². The highest BCUT2D eigenvalue weighted by atomic mass is 32.2. The van der Waals surface area contributed by atoms with Crippen LogP contribution in [0.5, 0.6) is 5.75 Å². The maximum Gasteiger partial charge on any atom is 0.242 e. The summed E-state index contributed by atoms with van der Waals surface area (Å²) in [5, 5.41) is 2.89. The Morgan fingerprint density at radius 3 is 2.50 bits per heavy atom. The molecule has 2 aromatic rings. The third-order valence-electron chi connectivity index (χ3n) is 5.94. The van der Waals surface area contributed by atoms with E-state index in [4.69, 9.17) is 4.74 Å². The molecule has 32 heavy (non-hydrogen) atoms. The number of methoxy groups -OCH3 is 1. The van der Waals surface area contributed by atoms with Crippen LogP contribution in [0, 0.1) is 6.92 Å². The Balaban J connectivity index is 1.76. The molecular formula is C24H33N3O4S. The van der Waals surface area contributed by atoms with E-state index in [9.17, 15) is 13.2 Å². The van der Waals surface area contributed by atoms with Crippen LogP contribution in [0.3, 0.4) is 0 Å². The van der Waals surface area contributed by atoms with Crippen LogP contribution in [0.25, 0.3) is 0 Å². The summed E-state index contributed by atoms with van der Waals surface area (Å²) in [7, 11) is 1.06. The Morgan fingerprint density at radius 1 is 1.12 bits per heavy atom. The van der Waals surface area contributed by atoms with E-state index in [1.807, 2.05) is 12.1 Å². The molecule has 0 unspecified atom stereocenters. The summed E-state index contributed by atoms with van der Waals surface area (Å²) in [6, 6.07) is 13.2. The molecule has 3 rings (SSSR count). The number of nitrogens with one attached hydrogen (secondary N) is 1. The number of carbonyl (C=O) groups excluding carboxylic acids is 1. The Hall–Kier alpha value is -2.42. The van der Waals surface area contributed by atoms with Gasteiger partial charge in [-0.1, -0.05) is 31.0 Å². The molecule has 7 nitrogen and oxygen atoms in total. The molecule has 1 N–H and O–H groups in total. The highest BCUT2D eigenvalue weighted by Crippen LogP contribution is 2.31. The SMILES string of the molecule is COc1ccc([C@H]2CCCCCN2CC(=O)Nc2ccc(C)c(S(=O)(=O)N(C)C)c2)cc1. The monoisotopic (exact) mass is 459 g/mol. The van der Waals surface area contributed by atoms with Crippen LogP contribution in [0.1, 0.15) is 42.9 Å². The molecule has 2 aromatic carbocycles. The van der Waals surface area contributed by atoms with E-state index in [0.29, 0.717) is 11.3 Å². The number of likely N-dealkylation sites (tertiary alicyclic amines) is 1. The molecule has 1 fully saturated rings. The number of rotatable bonds is 7. The van der Waals surface area contributed by atoms with Crippen molar-refractivity contribution in [2.45, 2.75) is 43.5 Å². The molecule has 1 aliphatic heterocycles. The number of aryl methyl sites for hydroxylation is 1. The van der Waals surface area contributed by atoms with Crippen molar-refractivity contribution in [1.82, 2.24) is 9.21 Å². The van der Waals surface area contributed by atoms with Crippen LogP contribution >= 0.6 is 0 Å². The van der Waals surface area contributed by atoms with E-state index in [2.05, 4.69) is 22.3 Å². The van der Waals surface area contributed by atoms with Crippen molar-refractivity contribution in [2.75, 3.05) is 39.6 Å². The molecule has 1 amide bonds. The second-order valence-corrected chi connectivity index (χ2v) is 10.5. The number of carbonyl (C=O) groups is 1. The van der Waals surface area contributed by atoms with Gasteiger partial charge in [0.25, 0.3) is 0 Å². The first-order chi connectivity index (χ1) is 15.2. The van der Waals surface area contributed by atoms with Gasteiger partial charge in [0.1, 0.15) is 5.75 Å². The second-order valence-electron chi connectivity index (χ2n) is 8.42. The zero-order chi connectivity index (χ0) is 23.3. The van der Waals surface area contributed by atoms with Crippen molar-refractivity contribution >= 4 is 21.6 Å². The number of anilines is 1. The van der Waals surface area contributed by atoms with E-state index < -0.39 is 10.0 Å². The Bertz CT molecular complexity index is 1040. The fourth-order valence-corrected chi connectivity index (χ4v) is 5.24. The van der Waals surface area contributed by atoms with Crippen LogP contribution in [-0.4, -0.2) is 57.8 Å². The number of benzene rings is 2. The summed E-state index contributed by atoms with van der Waals surface area (Å²) in [5.74, 6) is 0.664. The third kappa shape index (κ3) is 5.68. The number of sulfonamides is 1. The maximum absolute atomic E-state index is 12.9. The molecule has 0 radical (unpaired) electrons. The van der Waals surface area contributed by atoms with Gasteiger partial charge >= 0.3 is 0 Å². The predicted octanol–water partition coefficient (Wildman–Crippen LogP) is 3.81. The minimum absolute atomic E-state index is 0.150. The van der Waals surface area contributed by atoms with Crippen LogP contribution in [-0.2, 0) is 14.8 Å². The molecule has 0 aliphatic carbocycles. The van der Waals surface area contributed by atoms with E-state index >= 15 is 0 Å². The lowest BCUT2D eigenvalue weighted by molar-refractivity contribution is -0.117. The minimum Gasteiger partial charge on any atom is -0.497 e. The molecule has 174 valence electrons. The lowest BCUT2D eigenvalue weighted by Gasteiger charge is -2.30. The molecule has 1 atom stereocenters. The normalized spacial score (nSPS) is 17.7. The molecular weight excluding hydrogens is 426 g/mol. The van der Waals surface area contributed by atoms with E-state index in [0.717, 1.165) is 38.0 Å². The van der Waals surface area contributed by atoms with Gasteiger partial charge in [0.2, 0.25) is 15.9 Å². The first kappa shape index (κ1) is 24.2. The topological polar surface area (TPSA) is 79.0 Å². The van der Waals surface area contributed by atoms with E-state index in [-0.39, 0.29) is 23.4 Å². The van der Waals surface area contributed by atoms with Crippen molar-refractivity contribution < 1.29 is 17.9 Å². The summed E-state index contributed by atoms with van der Waals surface area (Å²) < 4.78 is 31.6. The van der Waals surface area contributed by atoms with Gasteiger partial charge in [-0.05, 0) is 61.7 Å². The molecule has 1 saturated heterocycles. The first-order valence-electron chi connectivity index (χ1n) is 10.9. The standard InChI is InChI=1S/C24H33N3O4S/c1-18-9-12-20(16-23(18)32(29,30)26(2)3)25-24(28)17-27-15-7-5-6-8-22(27)19-10-13-21(31-4)14-11-19/h9-14,16,22H,5-8,15,17H2,1-4H3,(H,25,28)/t22-/m1/s1. The van der Waals surface area contributed by atoms with E-state index in [1.54, 1.807) is 26.2 Å². The Kier molecular flexibility index (Phi) is 7.92. The zero-order valence-corrected chi connectivity index (χ0v) is 20.1. The summed E-state index contributed by atoms with van der Waals surface area (Å²) >= 11 is 0. The smallest absolute Gasteiger partial charge is 0.242 e. The molecule has 1 heterocycles. The zero-order valence-electron chi connectivity index (χ0n) is 19.3. The van der Waals surface area contributed by atoms with Crippen LogP contribution in [0.2, 0.25) is 0 Å². The predicted molar refractivity (Wildman–Crippen MR) is 126 cm³/mol. The van der Waals surface area contributed by atoms with Crippen molar-refractivity contribution in [3.63, 3.8) is 0 Å². The van der Waals surface area contributed by atoms with E-state index in [1.165, 1.54) is 30.0 Å². The fraction of sp³-hybridized carbons (Fsp3) is 0.458. The highest BCUT2D eigenvalue weighted by Gasteiger charge is 2.25. The number of hydrogen-bond donors (Lipinski definition) is 1. The average molecular weight is 460 g/mol. The van der Waals surface area contributed by atoms with Crippen molar-refractivity contribution in [3.8, 4) is 5.75 Å². The Labute approximate surface area is 191 Å². The minimum atomic E-state index is -3.59. The average Bonchev–Trinajstić information content (AvgIpc) is 3.00. The van der Waals surface area contributed by atoms with Gasteiger partial charge in [-0.2, -0.15) is 0 Å². The van der Waals surface area contributed by atoms with Gasteiger partial charge in [0.05, 0.1) is 18.6 Å². The third-order valence-corrected chi connectivity index (χ3v) is 7.90. The number of nitrogens with zero attached hydrogens (tertiary/aromatic N) is 2. The summed E-state index contributed by atoms with van der Waals surface area (Å²) in [6.07, 6.45) is 4.32. The van der Waals surface area contributed by atoms with Crippen LogP contribution in [0.4, 0.5) is 5.69 Å². The molecule has 0 bridgehead atoms. The largest absolute Gasteiger partial charge is 0.497 e. The number of ether oxygens (including phenoxy) is 1. The van der Waals surface area contributed by atoms with Crippen LogP contribution < -0.4 is 10.1 Å². The summed E-state index contributed by atoms with van der Waals surface area (Å²) in [4.78, 5) is 15.3. The molecule has 0 spiro atoms. The summed E-state index contributed by atoms with van der Waals surface area (Å²) in [5.41, 5.74) is 2.30. The van der Waals surface area contributed by atoms with Gasteiger partial charge in [-0.15, -0.1) is 0 Å². The van der Waals surface area contributed by atoms with Crippen molar-refractivity contribution in [1.29, 1.82) is 0 Å². The molecule has 0 saturated carbocycles. The van der Waals surface area contributed by atoms with Crippen molar-refractivity contribution in [3.05, 3.63) is 53.6 Å². The Morgan fingerprint density at radius 2 is 1.84 bits per heavy atom. The van der Waals surface area contributed by atoms with Gasteiger partial charge in [-0.3, -0.25) is 9.69 Å².